The van der Waals surface area contributed by atoms with Gasteiger partial charge >= 0.3 is 0 Å². The van der Waals surface area contributed by atoms with Crippen molar-refractivity contribution in [3.05, 3.63) is 48.3 Å². The van der Waals surface area contributed by atoms with Crippen LogP contribution in [0.1, 0.15) is 0 Å². The van der Waals surface area contributed by atoms with Gasteiger partial charge in [0.2, 0.25) is 0 Å². The molecular weight excluding hydrogens is 297 g/mol. The molecule has 1 heterocycles. The molecule has 2 aromatic rings. The smallest absolute Gasteiger partial charge is 0.161 e. The van der Waals surface area contributed by atoms with Crippen LogP contribution in [0, 0.1) is 5.82 Å². The number of hydrogen-bond acceptors (Lipinski definition) is 3. The minimum Gasteiger partial charge on any atom is -0.504 e. The maximum atomic E-state index is 13.3. The lowest BCUT2D eigenvalue weighted by molar-refractivity contribution is 0.374. The van der Waals surface area contributed by atoms with Gasteiger partial charge in [-0.15, -0.1) is 0 Å². The number of H-pyrrole nitrogens is 2. The molecule has 0 spiro atoms. The molecule has 2 aromatic carbocycles. The Morgan fingerprint density at radius 2 is 2.00 bits per heavy atom. The predicted octanol–water partition coefficient (Wildman–Crippen LogP) is 4.20. The van der Waals surface area contributed by atoms with Gasteiger partial charge in [0.15, 0.2) is 11.5 Å². The highest BCUT2D eigenvalue weighted by Gasteiger charge is 2.19. The number of aromatic hydroxyl groups is 1. The molecule has 1 aliphatic heterocycles. The summed E-state index contributed by atoms with van der Waals surface area (Å²) in [7, 11) is 1.51. The molecule has 0 saturated carbocycles. The van der Waals surface area contributed by atoms with Gasteiger partial charge in [0.05, 0.1) is 12.8 Å². The zero-order valence-corrected chi connectivity index (χ0v) is 12.3. The van der Waals surface area contributed by atoms with Gasteiger partial charge in [0.25, 0.3) is 0 Å². The van der Waals surface area contributed by atoms with Gasteiger partial charge in [-0.1, -0.05) is 6.07 Å². The standard InChI is InChI=1S/C17H14FN3O2/c1-23-15-6-9-5-13-16(12(9)8-14(15)22)20-21-17(13)19-11-4-2-3-10(18)7-11/h2-8,19-22H,1H3. The number of ether oxygens (including phenoxy) is 1. The Morgan fingerprint density at radius 3 is 2.78 bits per heavy atom. The van der Waals surface area contributed by atoms with Crippen LogP contribution in [0.2, 0.25) is 0 Å². The van der Waals surface area contributed by atoms with Gasteiger partial charge in [-0.25, -0.2) is 4.39 Å². The molecule has 0 amide bonds. The summed E-state index contributed by atoms with van der Waals surface area (Å²) in [5, 5.41) is 21.0. The first-order chi connectivity index (χ1) is 11.2. The number of aromatic nitrogens is 2. The predicted molar refractivity (Wildman–Crippen MR) is 87.2 cm³/mol. The van der Waals surface area contributed by atoms with Crippen molar-refractivity contribution in [2.75, 3.05) is 12.4 Å². The van der Waals surface area contributed by atoms with E-state index in [2.05, 4.69) is 15.5 Å². The molecule has 0 fully saturated rings. The third kappa shape index (κ3) is 2.15. The van der Waals surface area contributed by atoms with E-state index in [9.17, 15) is 9.50 Å². The van der Waals surface area contributed by atoms with Crippen LogP contribution < -0.4 is 10.1 Å². The number of halogens is 1. The third-order valence-corrected chi connectivity index (χ3v) is 3.87. The Balaban J connectivity index is 1.80. The lowest BCUT2D eigenvalue weighted by atomic mass is 10.2. The van der Waals surface area contributed by atoms with E-state index in [-0.39, 0.29) is 11.6 Å². The van der Waals surface area contributed by atoms with Crippen molar-refractivity contribution in [2.45, 2.75) is 0 Å². The first-order valence-corrected chi connectivity index (χ1v) is 7.08. The number of phenolic OH excluding ortho intramolecular Hbond substituents is 1. The minimum absolute atomic E-state index is 0.0849. The topological polar surface area (TPSA) is 73.1 Å². The summed E-state index contributed by atoms with van der Waals surface area (Å²) in [5.41, 5.74) is 2.42. The third-order valence-electron chi connectivity index (χ3n) is 3.87. The number of benzene rings is 2. The highest BCUT2D eigenvalue weighted by Crippen LogP contribution is 2.42. The van der Waals surface area contributed by atoms with Crippen molar-refractivity contribution >= 4 is 22.3 Å². The van der Waals surface area contributed by atoms with Crippen molar-refractivity contribution < 1.29 is 14.2 Å². The molecular formula is C17H14FN3O2. The Morgan fingerprint density at radius 1 is 1.13 bits per heavy atom. The molecule has 0 saturated heterocycles. The van der Waals surface area contributed by atoms with Gasteiger partial charge in [-0.3, -0.25) is 10.2 Å². The minimum atomic E-state index is -0.302. The number of aromatic amines is 2. The first-order valence-electron chi connectivity index (χ1n) is 7.08. The van der Waals surface area contributed by atoms with E-state index < -0.39 is 0 Å². The number of phenols is 1. The van der Waals surface area contributed by atoms with E-state index in [4.69, 9.17) is 4.74 Å². The molecule has 4 rings (SSSR count). The zero-order chi connectivity index (χ0) is 16.0. The second kappa shape index (κ2) is 4.95. The van der Waals surface area contributed by atoms with Crippen LogP contribution in [-0.4, -0.2) is 22.4 Å². The van der Waals surface area contributed by atoms with E-state index in [0.717, 1.165) is 27.8 Å². The van der Waals surface area contributed by atoms with Gasteiger partial charge in [0, 0.05) is 16.6 Å². The van der Waals surface area contributed by atoms with Gasteiger partial charge in [-0.05, 0) is 41.8 Å². The Bertz CT molecular complexity index is 973. The fraction of sp³-hybridized carbons (Fsp3) is 0.0588. The zero-order valence-electron chi connectivity index (χ0n) is 12.3. The average Bonchev–Trinajstić information content (AvgIpc) is 3.07. The molecule has 5 nitrogen and oxygen atoms in total. The highest BCUT2D eigenvalue weighted by atomic mass is 19.1. The molecule has 4 N–H and O–H groups in total. The summed E-state index contributed by atoms with van der Waals surface area (Å²) in [6.07, 6.45) is 0. The maximum Gasteiger partial charge on any atom is 0.161 e. The monoisotopic (exact) mass is 311 g/mol. The van der Waals surface area contributed by atoms with E-state index in [1.165, 1.54) is 19.2 Å². The quantitative estimate of drug-likeness (QED) is 0.458. The second-order valence-corrected chi connectivity index (χ2v) is 5.30. The Labute approximate surface area is 131 Å². The lowest BCUT2D eigenvalue weighted by Gasteiger charge is -2.04. The van der Waals surface area contributed by atoms with Crippen LogP contribution in [0.4, 0.5) is 15.9 Å². The molecule has 0 aromatic heterocycles. The van der Waals surface area contributed by atoms with Gasteiger partial charge < -0.3 is 15.2 Å². The summed E-state index contributed by atoms with van der Waals surface area (Å²) in [6.45, 7) is 0. The largest absolute Gasteiger partial charge is 0.504 e. The Kier molecular flexibility index (Phi) is 2.90. The first kappa shape index (κ1) is 13.5. The fourth-order valence-electron chi connectivity index (χ4n) is 2.79. The van der Waals surface area contributed by atoms with E-state index >= 15 is 0 Å². The molecule has 1 aliphatic carbocycles. The van der Waals surface area contributed by atoms with Crippen LogP contribution in [0.25, 0.3) is 22.0 Å². The van der Waals surface area contributed by atoms with Crippen molar-refractivity contribution in [1.29, 1.82) is 0 Å². The fourth-order valence-corrected chi connectivity index (χ4v) is 2.79. The van der Waals surface area contributed by atoms with Gasteiger partial charge in [0.1, 0.15) is 11.6 Å². The lowest BCUT2D eigenvalue weighted by Crippen LogP contribution is -1.91. The summed E-state index contributed by atoms with van der Waals surface area (Å²) in [5.74, 6) is 0.930. The molecule has 0 radical (unpaired) electrons. The van der Waals surface area contributed by atoms with Crippen LogP contribution in [0.5, 0.6) is 11.5 Å². The normalized spacial score (nSPS) is 11.2. The van der Waals surface area contributed by atoms with Crippen LogP contribution >= 0.6 is 0 Å². The van der Waals surface area contributed by atoms with Gasteiger partial charge in [-0.2, -0.15) is 0 Å². The number of fused-ring (bicyclic) bond motifs is 3. The molecule has 2 aliphatic rings. The number of anilines is 2. The summed E-state index contributed by atoms with van der Waals surface area (Å²) in [6, 6.07) is 11.7. The van der Waals surface area contributed by atoms with E-state index in [0.29, 0.717) is 11.4 Å². The second-order valence-electron chi connectivity index (χ2n) is 5.30. The van der Waals surface area contributed by atoms with E-state index in [1.54, 1.807) is 24.3 Å². The highest BCUT2D eigenvalue weighted by molar-refractivity contribution is 6.05. The van der Waals surface area contributed by atoms with Crippen molar-refractivity contribution in [3.63, 3.8) is 0 Å². The molecule has 6 heteroatoms. The molecule has 0 unspecified atom stereocenters. The number of hydrogen-bond donors (Lipinski definition) is 4. The summed E-state index contributed by atoms with van der Waals surface area (Å²) in [4.78, 5) is 0. The molecule has 116 valence electrons. The maximum absolute atomic E-state index is 13.3. The molecule has 23 heavy (non-hydrogen) atoms. The van der Waals surface area contributed by atoms with Crippen molar-refractivity contribution in [1.82, 2.24) is 10.2 Å². The molecule has 0 bridgehead atoms. The average molecular weight is 311 g/mol. The van der Waals surface area contributed by atoms with Crippen LogP contribution in [-0.2, 0) is 0 Å². The van der Waals surface area contributed by atoms with Crippen molar-refractivity contribution in [2.24, 2.45) is 0 Å². The number of methoxy groups -OCH3 is 1. The summed E-state index contributed by atoms with van der Waals surface area (Å²) >= 11 is 0. The van der Waals surface area contributed by atoms with Crippen molar-refractivity contribution in [3.8, 4) is 22.8 Å². The molecule has 0 atom stereocenters. The van der Waals surface area contributed by atoms with Crippen LogP contribution in [0.15, 0.2) is 42.5 Å². The van der Waals surface area contributed by atoms with Crippen LogP contribution in [0.3, 0.4) is 0 Å². The Hall–Kier alpha value is -3.15. The number of nitrogens with one attached hydrogen (secondary N) is 3. The van der Waals surface area contributed by atoms with E-state index in [1.807, 2.05) is 6.07 Å². The number of rotatable bonds is 3. The summed E-state index contributed by atoms with van der Waals surface area (Å²) < 4.78 is 18.4. The SMILES string of the molecule is COc1cc2cc3c(Nc4cccc(F)c4)[nH][nH]c-3c2cc1O.